The van der Waals surface area contributed by atoms with Crippen LogP contribution in [0.4, 0.5) is 0 Å². The van der Waals surface area contributed by atoms with E-state index in [1.807, 2.05) is 18.2 Å². The molecule has 1 aromatic carbocycles. The molecule has 2 N–H and O–H groups in total. The summed E-state index contributed by atoms with van der Waals surface area (Å²) in [4.78, 5) is 22.2. The van der Waals surface area contributed by atoms with Gasteiger partial charge in [0.2, 0.25) is 0 Å². The number of hydrogen-bond donors (Lipinski definition) is 2. The molecule has 0 heterocycles. The van der Waals surface area contributed by atoms with Crippen molar-refractivity contribution in [1.82, 2.24) is 5.32 Å². The second kappa shape index (κ2) is 6.61. The zero-order valence-corrected chi connectivity index (χ0v) is 11.5. The Kier molecular flexibility index (Phi) is 4.85. The molecule has 1 aliphatic rings. The van der Waals surface area contributed by atoms with E-state index in [1.165, 1.54) is 29.3 Å². The Hall–Kier alpha value is -1.49. The van der Waals surface area contributed by atoms with Crippen molar-refractivity contribution >= 4 is 23.6 Å². The molecule has 0 saturated carbocycles. The van der Waals surface area contributed by atoms with Crippen molar-refractivity contribution in [2.24, 2.45) is 0 Å². The molecule has 102 valence electrons. The van der Waals surface area contributed by atoms with Crippen LogP contribution in [-0.2, 0) is 17.6 Å². The largest absolute Gasteiger partial charge is 0.481 e. The lowest BCUT2D eigenvalue weighted by atomic mass is 10.1. The van der Waals surface area contributed by atoms with Crippen molar-refractivity contribution in [2.45, 2.75) is 19.3 Å². The van der Waals surface area contributed by atoms with Gasteiger partial charge in [0.05, 0.1) is 5.75 Å². The predicted octanol–water partition coefficient (Wildman–Crippen LogP) is 1.72. The molecule has 0 spiro atoms. The first-order chi connectivity index (χ1) is 9.16. The minimum atomic E-state index is -0.824. The second-order valence-electron chi connectivity index (χ2n) is 4.54. The van der Waals surface area contributed by atoms with Gasteiger partial charge >= 0.3 is 5.97 Å². The van der Waals surface area contributed by atoms with E-state index in [9.17, 15) is 9.59 Å². The third-order valence-electron chi connectivity index (χ3n) is 3.12. The van der Waals surface area contributed by atoms with E-state index >= 15 is 0 Å². The maximum Gasteiger partial charge on any atom is 0.313 e. The minimum absolute atomic E-state index is 0.0781. The first-order valence-corrected chi connectivity index (χ1v) is 7.52. The van der Waals surface area contributed by atoms with E-state index in [1.54, 1.807) is 0 Å². The number of carboxylic acids is 1. The Balaban J connectivity index is 1.78. The summed E-state index contributed by atoms with van der Waals surface area (Å²) in [5, 5.41) is 11.3. The van der Waals surface area contributed by atoms with Gasteiger partial charge in [-0.15, -0.1) is 11.8 Å². The molecule has 0 bridgehead atoms. The van der Waals surface area contributed by atoms with Gasteiger partial charge in [0.25, 0.3) is 5.91 Å². The third kappa shape index (κ3) is 3.99. The first kappa shape index (κ1) is 13.9. The summed E-state index contributed by atoms with van der Waals surface area (Å²) in [5.41, 5.74) is 3.34. The number of aryl methyl sites for hydroxylation is 2. The molecule has 0 aromatic heterocycles. The van der Waals surface area contributed by atoms with Crippen molar-refractivity contribution < 1.29 is 14.7 Å². The topological polar surface area (TPSA) is 66.4 Å². The Bertz CT molecular complexity index is 488. The minimum Gasteiger partial charge on any atom is -0.481 e. The number of hydrogen-bond acceptors (Lipinski definition) is 3. The SMILES string of the molecule is O=C(O)CSCCNC(=O)c1ccc2c(c1)CCC2. The number of fused-ring (bicyclic) bond motifs is 1. The van der Waals surface area contributed by atoms with Crippen molar-refractivity contribution in [3.05, 3.63) is 34.9 Å². The number of carbonyl (C=O) groups excluding carboxylic acids is 1. The summed E-state index contributed by atoms with van der Waals surface area (Å²) in [6.07, 6.45) is 3.35. The zero-order chi connectivity index (χ0) is 13.7. The van der Waals surface area contributed by atoms with E-state index in [2.05, 4.69) is 5.32 Å². The molecule has 0 saturated heterocycles. The van der Waals surface area contributed by atoms with Gasteiger partial charge in [0.1, 0.15) is 0 Å². The summed E-state index contributed by atoms with van der Waals surface area (Å²) in [5.74, 6) is -0.210. The van der Waals surface area contributed by atoms with Gasteiger partial charge in [-0.1, -0.05) is 6.07 Å². The van der Waals surface area contributed by atoms with Gasteiger partial charge in [-0.05, 0) is 42.5 Å². The highest BCUT2D eigenvalue weighted by atomic mass is 32.2. The molecule has 4 nitrogen and oxygen atoms in total. The number of nitrogens with one attached hydrogen (secondary N) is 1. The van der Waals surface area contributed by atoms with Gasteiger partial charge in [0.15, 0.2) is 0 Å². The lowest BCUT2D eigenvalue weighted by Crippen LogP contribution is -2.26. The highest BCUT2D eigenvalue weighted by Gasteiger charge is 2.13. The normalized spacial score (nSPS) is 13.1. The predicted molar refractivity (Wildman–Crippen MR) is 75.8 cm³/mol. The Morgan fingerprint density at radius 2 is 2.05 bits per heavy atom. The van der Waals surface area contributed by atoms with Crippen molar-refractivity contribution in [3.8, 4) is 0 Å². The molecule has 1 aliphatic carbocycles. The van der Waals surface area contributed by atoms with Gasteiger partial charge in [-0.3, -0.25) is 9.59 Å². The highest BCUT2D eigenvalue weighted by molar-refractivity contribution is 7.99. The number of amides is 1. The van der Waals surface area contributed by atoms with E-state index < -0.39 is 5.97 Å². The first-order valence-electron chi connectivity index (χ1n) is 6.36. The van der Waals surface area contributed by atoms with E-state index in [-0.39, 0.29) is 11.7 Å². The number of rotatable bonds is 6. The average Bonchev–Trinajstić information content (AvgIpc) is 2.84. The fourth-order valence-corrected chi connectivity index (χ4v) is 2.78. The fraction of sp³-hybridized carbons (Fsp3) is 0.429. The molecule has 0 radical (unpaired) electrons. The van der Waals surface area contributed by atoms with Crippen LogP contribution in [0.2, 0.25) is 0 Å². The standard InChI is InChI=1S/C14H17NO3S/c16-13(17)9-19-7-6-15-14(18)12-5-4-10-2-1-3-11(10)8-12/h4-5,8H,1-3,6-7,9H2,(H,15,18)(H,16,17). The van der Waals surface area contributed by atoms with Gasteiger partial charge < -0.3 is 10.4 Å². The monoisotopic (exact) mass is 279 g/mol. The van der Waals surface area contributed by atoms with Crippen LogP contribution in [0.5, 0.6) is 0 Å². The molecule has 2 rings (SSSR count). The molecule has 0 aliphatic heterocycles. The number of aliphatic carboxylic acids is 1. The highest BCUT2D eigenvalue weighted by Crippen LogP contribution is 2.22. The zero-order valence-electron chi connectivity index (χ0n) is 10.6. The van der Waals surface area contributed by atoms with Crippen LogP contribution in [-0.4, -0.2) is 35.0 Å². The smallest absolute Gasteiger partial charge is 0.313 e. The van der Waals surface area contributed by atoms with Gasteiger partial charge in [-0.2, -0.15) is 0 Å². The summed E-state index contributed by atoms with van der Waals surface area (Å²) < 4.78 is 0. The summed E-state index contributed by atoms with van der Waals surface area (Å²) in [6.45, 7) is 0.494. The molecule has 5 heteroatoms. The molecule has 1 aromatic rings. The van der Waals surface area contributed by atoms with E-state index in [0.29, 0.717) is 17.9 Å². The van der Waals surface area contributed by atoms with Crippen molar-refractivity contribution in [3.63, 3.8) is 0 Å². The fourth-order valence-electron chi connectivity index (χ4n) is 2.21. The number of carboxylic acid groups (broad SMARTS) is 1. The maximum absolute atomic E-state index is 11.9. The van der Waals surface area contributed by atoms with Crippen LogP contribution >= 0.6 is 11.8 Å². The Morgan fingerprint density at radius 3 is 2.84 bits per heavy atom. The molecule has 0 fully saturated rings. The van der Waals surface area contributed by atoms with Crippen LogP contribution in [0.3, 0.4) is 0 Å². The van der Waals surface area contributed by atoms with Crippen LogP contribution in [0.15, 0.2) is 18.2 Å². The summed E-state index contributed by atoms with van der Waals surface area (Å²) in [7, 11) is 0. The molecular weight excluding hydrogens is 262 g/mol. The molecular formula is C14H17NO3S. The number of thioether (sulfide) groups is 1. The number of carbonyl (C=O) groups is 2. The third-order valence-corrected chi connectivity index (χ3v) is 4.06. The van der Waals surface area contributed by atoms with Crippen LogP contribution in [0.25, 0.3) is 0 Å². The quantitative estimate of drug-likeness (QED) is 0.778. The average molecular weight is 279 g/mol. The lowest BCUT2D eigenvalue weighted by molar-refractivity contribution is -0.133. The van der Waals surface area contributed by atoms with Gasteiger partial charge in [-0.25, -0.2) is 0 Å². The lowest BCUT2D eigenvalue weighted by Gasteiger charge is -2.06. The van der Waals surface area contributed by atoms with Crippen molar-refractivity contribution in [1.29, 1.82) is 0 Å². The van der Waals surface area contributed by atoms with E-state index in [4.69, 9.17) is 5.11 Å². The molecule has 0 unspecified atom stereocenters. The van der Waals surface area contributed by atoms with Gasteiger partial charge in [0, 0.05) is 17.9 Å². The van der Waals surface area contributed by atoms with Crippen molar-refractivity contribution in [2.75, 3.05) is 18.1 Å². The summed E-state index contributed by atoms with van der Waals surface area (Å²) in [6, 6.07) is 5.88. The summed E-state index contributed by atoms with van der Waals surface area (Å²) >= 11 is 1.30. The van der Waals surface area contributed by atoms with Crippen LogP contribution in [0.1, 0.15) is 27.9 Å². The van der Waals surface area contributed by atoms with Crippen LogP contribution in [0, 0.1) is 0 Å². The Labute approximate surface area is 116 Å². The van der Waals surface area contributed by atoms with Crippen LogP contribution < -0.4 is 5.32 Å². The van der Waals surface area contributed by atoms with E-state index in [0.717, 1.165) is 12.8 Å². The molecule has 0 atom stereocenters. The second-order valence-corrected chi connectivity index (χ2v) is 5.64. The maximum atomic E-state index is 11.9. The number of benzene rings is 1. The molecule has 19 heavy (non-hydrogen) atoms. The molecule has 1 amide bonds. The Morgan fingerprint density at radius 1 is 1.26 bits per heavy atom.